The van der Waals surface area contributed by atoms with Crippen LogP contribution in [0.2, 0.25) is 0 Å². The van der Waals surface area contributed by atoms with Gasteiger partial charge in [-0.25, -0.2) is 0 Å². The topological polar surface area (TPSA) is 149 Å². The summed E-state index contributed by atoms with van der Waals surface area (Å²) in [6.45, 7) is 3.85. The Morgan fingerprint density at radius 1 is 0.407 bits per heavy atom. The van der Waals surface area contributed by atoms with E-state index in [4.69, 9.17) is 9.47 Å². The SMILES string of the molecule is CCCCCCCCCCCCCCCCCCCCCCCCCCCCC/C=C/C(O)C(COC1OC(CO)C(O)C(O)C1O)NC(=O)CCCCCCCCCCCCCCCCCCCCCCCCCCCCCCC. The molecule has 81 heavy (non-hydrogen) atoms. The third-order valence-electron chi connectivity index (χ3n) is 17.9. The van der Waals surface area contributed by atoms with Crippen molar-refractivity contribution in [3.8, 4) is 0 Å². The van der Waals surface area contributed by atoms with E-state index < -0.39 is 49.5 Å². The summed E-state index contributed by atoms with van der Waals surface area (Å²) in [5, 5.41) is 54.8. The Balaban J connectivity index is 2.10. The number of carbonyl (C=O) groups excluding carboxylic acids is 1. The molecule has 1 aliphatic heterocycles. The molecule has 1 saturated heterocycles. The largest absolute Gasteiger partial charge is 0.394 e. The molecule has 1 aliphatic rings. The smallest absolute Gasteiger partial charge is 0.220 e. The Kier molecular flexibility index (Phi) is 59.7. The lowest BCUT2D eigenvalue weighted by molar-refractivity contribution is -0.302. The number of amides is 1. The fourth-order valence-electron chi connectivity index (χ4n) is 12.2. The van der Waals surface area contributed by atoms with Gasteiger partial charge in [-0.1, -0.05) is 373 Å². The standard InChI is InChI=1S/C72H141NO8/c1-3-5-7-9-11-13-15-17-19-21-23-25-27-29-31-33-35-37-39-41-43-45-47-49-51-53-55-57-59-61-66(75)65(64-80-72-71(79)70(78)69(77)67(63-74)81-72)73-68(76)62-60-58-56-54-52-50-48-46-44-42-40-38-36-34-32-30-28-26-24-22-20-18-16-14-12-10-8-6-4-2/h59,61,65-67,69-72,74-75,77-79H,3-58,60,62-64H2,1-2H3,(H,73,76)/b61-59+. The number of ether oxygens (including phenoxy) is 2. The predicted octanol–water partition coefficient (Wildman–Crippen LogP) is 19.9. The maximum Gasteiger partial charge on any atom is 0.220 e. The zero-order valence-corrected chi connectivity index (χ0v) is 54.1. The Hall–Kier alpha value is -1.07. The molecule has 0 saturated carbocycles. The van der Waals surface area contributed by atoms with Crippen molar-refractivity contribution in [1.82, 2.24) is 5.32 Å². The average molecular weight is 1150 g/mol. The van der Waals surface area contributed by atoms with E-state index in [9.17, 15) is 30.3 Å². The summed E-state index contributed by atoms with van der Waals surface area (Å²) in [5.74, 6) is -0.166. The second-order valence-electron chi connectivity index (χ2n) is 25.8. The van der Waals surface area contributed by atoms with Crippen LogP contribution in [0, 0.1) is 0 Å². The van der Waals surface area contributed by atoms with E-state index in [0.717, 1.165) is 38.5 Å². The molecule has 6 N–H and O–H groups in total. The number of allylic oxidation sites excluding steroid dienone is 1. The number of rotatable bonds is 65. The van der Waals surface area contributed by atoms with Crippen LogP contribution in [0.1, 0.15) is 386 Å². The van der Waals surface area contributed by atoms with E-state index in [2.05, 4.69) is 19.2 Å². The summed E-state index contributed by atoms with van der Waals surface area (Å²) in [6.07, 6.45) is 73.3. The summed E-state index contributed by atoms with van der Waals surface area (Å²) in [5.41, 5.74) is 0. The third-order valence-corrected chi connectivity index (χ3v) is 17.9. The summed E-state index contributed by atoms with van der Waals surface area (Å²) < 4.78 is 11.3. The van der Waals surface area contributed by atoms with Gasteiger partial charge in [-0.15, -0.1) is 0 Å². The molecule has 9 nitrogen and oxygen atoms in total. The number of nitrogens with one attached hydrogen (secondary N) is 1. The van der Waals surface area contributed by atoms with E-state index in [-0.39, 0.29) is 12.5 Å². The normalized spacial score (nSPS) is 18.3. The van der Waals surface area contributed by atoms with E-state index >= 15 is 0 Å². The Morgan fingerprint density at radius 3 is 0.963 bits per heavy atom. The Bertz CT molecular complexity index is 1280. The van der Waals surface area contributed by atoms with E-state index in [0.29, 0.717) is 6.42 Å². The predicted molar refractivity (Wildman–Crippen MR) is 346 cm³/mol. The van der Waals surface area contributed by atoms with Crippen LogP contribution in [-0.2, 0) is 14.3 Å². The van der Waals surface area contributed by atoms with Crippen LogP contribution in [0.25, 0.3) is 0 Å². The van der Waals surface area contributed by atoms with Crippen molar-refractivity contribution < 1.29 is 39.8 Å². The van der Waals surface area contributed by atoms with Crippen LogP contribution in [0.3, 0.4) is 0 Å². The molecule has 0 aliphatic carbocycles. The van der Waals surface area contributed by atoms with Gasteiger partial charge in [-0.05, 0) is 19.3 Å². The van der Waals surface area contributed by atoms with Crippen molar-refractivity contribution in [3.05, 3.63) is 12.2 Å². The van der Waals surface area contributed by atoms with E-state index in [1.807, 2.05) is 6.08 Å². The maximum absolute atomic E-state index is 13.1. The van der Waals surface area contributed by atoms with Crippen molar-refractivity contribution in [1.29, 1.82) is 0 Å². The lowest BCUT2D eigenvalue weighted by Crippen LogP contribution is -2.60. The minimum atomic E-state index is -1.56. The van der Waals surface area contributed by atoms with Crippen LogP contribution < -0.4 is 5.32 Å². The molecule has 7 unspecified atom stereocenters. The molecule has 7 atom stereocenters. The molecule has 1 amide bonds. The van der Waals surface area contributed by atoms with Gasteiger partial charge in [0, 0.05) is 6.42 Å². The first-order valence-corrected chi connectivity index (χ1v) is 36.4. The molecule has 0 bridgehead atoms. The zero-order chi connectivity index (χ0) is 58.6. The molecule has 9 heteroatoms. The van der Waals surface area contributed by atoms with Gasteiger partial charge in [-0.2, -0.15) is 0 Å². The van der Waals surface area contributed by atoms with Crippen LogP contribution in [0.4, 0.5) is 0 Å². The molecule has 0 radical (unpaired) electrons. The summed E-state index contributed by atoms with van der Waals surface area (Å²) in [7, 11) is 0. The number of hydrogen-bond acceptors (Lipinski definition) is 8. The molecule has 1 heterocycles. The highest BCUT2D eigenvalue weighted by Gasteiger charge is 2.44. The van der Waals surface area contributed by atoms with E-state index in [1.165, 1.54) is 327 Å². The number of hydrogen-bond donors (Lipinski definition) is 6. The molecular weight excluding hydrogens is 1010 g/mol. The van der Waals surface area contributed by atoms with Crippen LogP contribution in [0.15, 0.2) is 12.2 Å². The minimum absolute atomic E-state index is 0.166. The van der Waals surface area contributed by atoms with Crippen LogP contribution >= 0.6 is 0 Å². The zero-order valence-electron chi connectivity index (χ0n) is 54.1. The fraction of sp³-hybridized carbons (Fsp3) is 0.958. The van der Waals surface area contributed by atoms with Crippen LogP contribution in [-0.4, -0.2) is 87.5 Å². The van der Waals surface area contributed by atoms with Gasteiger partial charge >= 0.3 is 0 Å². The number of unbranched alkanes of at least 4 members (excludes halogenated alkanes) is 55. The third kappa shape index (κ3) is 50.8. The van der Waals surface area contributed by atoms with Crippen molar-refractivity contribution in [2.45, 2.75) is 429 Å². The Morgan fingerprint density at radius 2 is 0.679 bits per heavy atom. The van der Waals surface area contributed by atoms with Gasteiger partial charge in [0.1, 0.15) is 24.4 Å². The number of aliphatic hydroxyl groups is 5. The molecular formula is C72H141NO8. The molecule has 1 rings (SSSR count). The monoisotopic (exact) mass is 1150 g/mol. The first-order chi connectivity index (χ1) is 39.8. The van der Waals surface area contributed by atoms with Crippen molar-refractivity contribution in [3.63, 3.8) is 0 Å². The second-order valence-corrected chi connectivity index (χ2v) is 25.8. The highest BCUT2D eigenvalue weighted by molar-refractivity contribution is 5.76. The highest BCUT2D eigenvalue weighted by atomic mass is 16.7. The quantitative estimate of drug-likeness (QED) is 0.0261. The lowest BCUT2D eigenvalue weighted by Gasteiger charge is -2.40. The van der Waals surface area contributed by atoms with Crippen molar-refractivity contribution >= 4 is 5.91 Å². The molecule has 482 valence electrons. The maximum atomic E-state index is 13.1. The average Bonchev–Trinajstić information content (AvgIpc) is 3.50. The van der Waals surface area contributed by atoms with Crippen LogP contribution in [0.5, 0.6) is 0 Å². The first-order valence-electron chi connectivity index (χ1n) is 36.4. The van der Waals surface area contributed by atoms with E-state index in [1.54, 1.807) is 6.08 Å². The van der Waals surface area contributed by atoms with Gasteiger partial charge in [0.15, 0.2) is 6.29 Å². The van der Waals surface area contributed by atoms with Crippen molar-refractivity contribution in [2.75, 3.05) is 13.2 Å². The van der Waals surface area contributed by atoms with Gasteiger partial charge in [-0.3, -0.25) is 4.79 Å². The summed E-state index contributed by atoms with van der Waals surface area (Å²) >= 11 is 0. The first kappa shape index (κ1) is 77.9. The Labute approximate surface area is 503 Å². The summed E-state index contributed by atoms with van der Waals surface area (Å²) in [6, 6.07) is -0.802. The van der Waals surface area contributed by atoms with Gasteiger partial charge < -0.3 is 40.3 Å². The lowest BCUT2D eigenvalue weighted by atomic mass is 9.99. The summed E-state index contributed by atoms with van der Waals surface area (Å²) in [4.78, 5) is 13.1. The molecule has 0 aromatic heterocycles. The highest BCUT2D eigenvalue weighted by Crippen LogP contribution is 2.24. The molecule has 1 fully saturated rings. The molecule has 0 aromatic rings. The molecule has 0 spiro atoms. The number of aliphatic hydroxyl groups excluding tert-OH is 5. The van der Waals surface area contributed by atoms with Gasteiger partial charge in [0.2, 0.25) is 5.91 Å². The van der Waals surface area contributed by atoms with Crippen molar-refractivity contribution in [2.24, 2.45) is 0 Å². The number of carbonyl (C=O) groups is 1. The fourth-order valence-corrected chi connectivity index (χ4v) is 12.2. The molecule has 0 aromatic carbocycles. The van der Waals surface area contributed by atoms with Gasteiger partial charge in [0.25, 0.3) is 0 Å². The second kappa shape index (κ2) is 62.0. The van der Waals surface area contributed by atoms with Gasteiger partial charge in [0.05, 0.1) is 25.4 Å². The minimum Gasteiger partial charge on any atom is -0.394 e.